The molecule has 9 heteroatoms. The molecule has 3 rings (SSSR count). The molecule has 0 unspecified atom stereocenters. The molecule has 0 amide bonds. The molecular formula is C12H10N4O4S. The van der Waals surface area contributed by atoms with Crippen molar-refractivity contribution in [3.8, 4) is 11.7 Å². The molecule has 0 aliphatic heterocycles. The molecule has 21 heavy (non-hydrogen) atoms. The van der Waals surface area contributed by atoms with Gasteiger partial charge in [0.05, 0.1) is 12.0 Å². The first kappa shape index (κ1) is 13.4. The summed E-state index contributed by atoms with van der Waals surface area (Å²) in [5.74, 6) is 0.379. The van der Waals surface area contributed by atoms with E-state index < -0.39 is 5.97 Å². The van der Waals surface area contributed by atoms with Crippen molar-refractivity contribution in [3.63, 3.8) is 0 Å². The minimum Gasteiger partial charge on any atom is -0.459 e. The minimum absolute atomic E-state index is 0.117. The number of carbonyl (C=O) groups is 1. The second kappa shape index (κ2) is 5.83. The summed E-state index contributed by atoms with van der Waals surface area (Å²) in [7, 11) is 0. The maximum Gasteiger partial charge on any atom is 0.352 e. The van der Waals surface area contributed by atoms with Crippen molar-refractivity contribution in [2.75, 3.05) is 0 Å². The van der Waals surface area contributed by atoms with E-state index >= 15 is 0 Å². The van der Waals surface area contributed by atoms with Gasteiger partial charge in [0.25, 0.3) is 11.8 Å². The molecule has 0 radical (unpaired) electrons. The Balaban J connectivity index is 1.64. The van der Waals surface area contributed by atoms with Gasteiger partial charge in [0.1, 0.15) is 0 Å². The Labute approximate surface area is 122 Å². The fourth-order valence-electron chi connectivity index (χ4n) is 1.60. The lowest BCUT2D eigenvalue weighted by Gasteiger charge is -1.99. The van der Waals surface area contributed by atoms with Crippen LogP contribution in [0.1, 0.15) is 28.2 Å². The lowest BCUT2D eigenvalue weighted by atomic mass is 10.3. The molecule has 108 valence electrons. The maximum atomic E-state index is 11.9. The first-order chi connectivity index (χ1) is 10.3. The van der Waals surface area contributed by atoms with Crippen LogP contribution >= 0.6 is 11.5 Å². The summed E-state index contributed by atoms with van der Waals surface area (Å²) in [5, 5.41) is 11.4. The zero-order chi connectivity index (χ0) is 14.7. The van der Waals surface area contributed by atoms with Gasteiger partial charge >= 0.3 is 5.97 Å². The van der Waals surface area contributed by atoms with Crippen LogP contribution in [0.15, 0.2) is 27.2 Å². The van der Waals surface area contributed by atoms with Crippen LogP contribution in [0, 0.1) is 0 Å². The van der Waals surface area contributed by atoms with Crippen molar-refractivity contribution in [3.05, 3.63) is 34.9 Å². The number of aromatic nitrogens is 4. The molecule has 0 N–H and O–H groups in total. The van der Waals surface area contributed by atoms with E-state index in [1.165, 1.54) is 6.26 Å². The van der Waals surface area contributed by atoms with Crippen molar-refractivity contribution in [1.29, 1.82) is 0 Å². The highest BCUT2D eigenvalue weighted by Crippen LogP contribution is 2.19. The summed E-state index contributed by atoms with van der Waals surface area (Å²) < 4.78 is 19.3. The Morgan fingerprint density at radius 1 is 1.38 bits per heavy atom. The Morgan fingerprint density at radius 2 is 2.29 bits per heavy atom. The average Bonchev–Trinajstić information content (AvgIpc) is 3.24. The molecule has 0 aromatic carbocycles. The normalized spacial score (nSPS) is 10.7. The third-order valence-corrected chi connectivity index (χ3v) is 3.35. The maximum absolute atomic E-state index is 11.9. The van der Waals surface area contributed by atoms with Crippen LogP contribution in [0.2, 0.25) is 0 Å². The third kappa shape index (κ3) is 2.82. The Bertz CT molecular complexity index is 734. The van der Waals surface area contributed by atoms with Crippen LogP contribution in [0.3, 0.4) is 0 Å². The quantitative estimate of drug-likeness (QED) is 0.660. The van der Waals surface area contributed by atoms with Crippen molar-refractivity contribution >= 4 is 17.5 Å². The predicted molar refractivity (Wildman–Crippen MR) is 70.4 cm³/mol. The summed E-state index contributed by atoms with van der Waals surface area (Å²) in [6.45, 7) is 1.77. The molecule has 3 aromatic heterocycles. The smallest absolute Gasteiger partial charge is 0.352 e. The molecule has 0 bridgehead atoms. The van der Waals surface area contributed by atoms with E-state index in [2.05, 4.69) is 19.8 Å². The summed E-state index contributed by atoms with van der Waals surface area (Å²) in [5.41, 5.74) is 0.617. The first-order valence-electron chi connectivity index (χ1n) is 6.12. The van der Waals surface area contributed by atoms with Gasteiger partial charge in [0.15, 0.2) is 17.2 Å². The lowest BCUT2D eigenvalue weighted by Crippen LogP contribution is -2.06. The Kier molecular flexibility index (Phi) is 3.73. The lowest BCUT2D eigenvalue weighted by molar-refractivity contribution is 0.0443. The van der Waals surface area contributed by atoms with Gasteiger partial charge in [-0.2, -0.15) is 0 Å². The number of ether oxygens (including phenoxy) is 1. The monoisotopic (exact) mass is 306 g/mol. The highest BCUT2D eigenvalue weighted by Gasteiger charge is 2.18. The van der Waals surface area contributed by atoms with Crippen LogP contribution in [0.25, 0.3) is 11.7 Å². The highest BCUT2D eigenvalue weighted by atomic mass is 32.1. The van der Waals surface area contributed by atoms with Gasteiger partial charge in [0.2, 0.25) is 0 Å². The number of furan rings is 1. The van der Waals surface area contributed by atoms with E-state index in [4.69, 9.17) is 13.6 Å². The summed E-state index contributed by atoms with van der Waals surface area (Å²) in [4.78, 5) is 12.3. The van der Waals surface area contributed by atoms with Crippen LogP contribution in [0.4, 0.5) is 0 Å². The molecule has 0 aliphatic carbocycles. The second-order valence-corrected chi connectivity index (χ2v) is 4.71. The minimum atomic E-state index is -0.500. The van der Waals surface area contributed by atoms with E-state index in [-0.39, 0.29) is 18.4 Å². The summed E-state index contributed by atoms with van der Waals surface area (Å²) >= 11 is 1.00. The molecule has 0 spiro atoms. The number of esters is 1. The summed E-state index contributed by atoms with van der Waals surface area (Å²) in [6, 6.07) is 3.40. The molecule has 0 aliphatic rings. The summed E-state index contributed by atoms with van der Waals surface area (Å²) in [6.07, 6.45) is 2.12. The number of aryl methyl sites for hydroxylation is 1. The van der Waals surface area contributed by atoms with Gasteiger partial charge in [-0.1, -0.05) is 11.4 Å². The first-order valence-corrected chi connectivity index (χ1v) is 6.90. The van der Waals surface area contributed by atoms with E-state index in [9.17, 15) is 4.79 Å². The largest absolute Gasteiger partial charge is 0.459 e. The van der Waals surface area contributed by atoms with Crippen molar-refractivity contribution < 1.29 is 18.4 Å². The van der Waals surface area contributed by atoms with E-state index in [0.717, 1.165) is 11.5 Å². The highest BCUT2D eigenvalue weighted by molar-refractivity contribution is 7.07. The molecule has 0 saturated carbocycles. The fraction of sp³-hybridized carbons (Fsp3) is 0.250. The standard InChI is InChI=1S/C12H10N4O4S/c1-2-7-10(21-16-13-7)12(17)19-6-9-14-15-11(20-9)8-4-3-5-18-8/h3-5H,2,6H2,1H3. The molecular weight excluding hydrogens is 296 g/mol. The molecule has 3 aromatic rings. The molecule has 0 atom stereocenters. The molecule has 0 fully saturated rings. The Hall–Kier alpha value is -2.55. The number of hydrogen-bond acceptors (Lipinski definition) is 9. The van der Waals surface area contributed by atoms with Gasteiger partial charge in [-0.05, 0) is 30.1 Å². The van der Waals surface area contributed by atoms with Crippen molar-refractivity contribution in [2.24, 2.45) is 0 Å². The topological polar surface area (TPSA) is 104 Å². The molecule has 3 heterocycles. The van der Waals surface area contributed by atoms with Gasteiger partial charge in [-0.15, -0.1) is 15.3 Å². The zero-order valence-corrected chi connectivity index (χ0v) is 11.8. The number of carbonyl (C=O) groups excluding carboxylic acids is 1. The third-order valence-electron chi connectivity index (χ3n) is 2.60. The van der Waals surface area contributed by atoms with Crippen LogP contribution in [0.5, 0.6) is 0 Å². The van der Waals surface area contributed by atoms with Crippen LogP contribution in [-0.2, 0) is 17.8 Å². The number of nitrogens with zero attached hydrogens (tertiary/aromatic N) is 4. The van der Waals surface area contributed by atoms with Crippen molar-refractivity contribution in [1.82, 2.24) is 19.8 Å². The fourth-order valence-corrected chi connectivity index (χ4v) is 2.24. The predicted octanol–water partition coefficient (Wildman–Crippen LogP) is 2.10. The van der Waals surface area contributed by atoms with Gasteiger partial charge in [-0.3, -0.25) is 0 Å². The van der Waals surface area contributed by atoms with Crippen LogP contribution in [-0.4, -0.2) is 25.8 Å². The van der Waals surface area contributed by atoms with E-state index in [1.807, 2.05) is 6.92 Å². The average molecular weight is 306 g/mol. The number of hydrogen-bond donors (Lipinski definition) is 0. The zero-order valence-electron chi connectivity index (χ0n) is 11.0. The molecule has 0 saturated heterocycles. The second-order valence-electron chi connectivity index (χ2n) is 3.96. The van der Waals surface area contributed by atoms with Crippen molar-refractivity contribution in [2.45, 2.75) is 20.0 Å². The Morgan fingerprint density at radius 3 is 3.05 bits per heavy atom. The van der Waals surface area contributed by atoms with Crippen LogP contribution < -0.4 is 0 Å². The van der Waals surface area contributed by atoms with E-state index in [0.29, 0.717) is 22.8 Å². The number of rotatable bonds is 5. The SMILES string of the molecule is CCc1nnsc1C(=O)OCc1nnc(-c2ccco2)o1. The van der Waals surface area contributed by atoms with Gasteiger partial charge in [0, 0.05) is 0 Å². The van der Waals surface area contributed by atoms with Gasteiger partial charge in [-0.25, -0.2) is 4.79 Å². The van der Waals surface area contributed by atoms with E-state index in [1.54, 1.807) is 12.1 Å². The van der Waals surface area contributed by atoms with Gasteiger partial charge < -0.3 is 13.6 Å². The molecule has 8 nitrogen and oxygen atoms in total.